The Kier molecular flexibility index (Phi) is 3.66. The smallest absolute Gasteiger partial charge is 0.410 e. The third-order valence-corrected chi connectivity index (χ3v) is 3.76. The van der Waals surface area contributed by atoms with Crippen molar-refractivity contribution in [3.63, 3.8) is 0 Å². The standard InChI is InChI=1S/C14H19N3O2/c18-14(19-10-12-4-2-1-3-5-12)16-6-7-17-11-15-8-13(17)9-16/h1-5,13,15H,6-11H2. The fourth-order valence-corrected chi connectivity index (χ4v) is 2.65. The van der Waals surface area contributed by atoms with E-state index < -0.39 is 0 Å². The fourth-order valence-electron chi connectivity index (χ4n) is 2.65. The summed E-state index contributed by atoms with van der Waals surface area (Å²) in [5.41, 5.74) is 1.03. The minimum absolute atomic E-state index is 0.199. The van der Waals surface area contributed by atoms with Gasteiger partial charge in [-0.25, -0.2) is 4.79 Å². The number of benzene rings is 1. The molecule has 1 amide bonds. The number of carbonyl (C=O) groups excluding carboxylic acids is 1. The van der Waals surface area contributed by atoms with Crippen molar-refractivity contribution in [3.8, 4) is 0 Å². The maximum Gasteiger partial charge on any atom is 0.410 e. The largest absolute Gasteiger partial charge is 0.445 e. The van der Waals surface area contributed by atoms with E-state index in [4.69, 9.17) is 4.74 Å². The van der Waals surface area contributed by atoms with Crippen LogP contribution in [0.15, 0.2) is 30.3 Å². The van der Waals surface area contributed by atoms with Gasteiger partial charge in [0.2, 0.25) is 0 Å². The molecule has 1 unspecified atom stereocenters. The van der Waals surface area contributed by atoms with Crippen LogP contribution in [-0.4, -0.2) is 54.8 Å². The number of carbonyl (C=O) groups is 1. The molecule has 2 aliphatic heterocycles. The average Bonchev–Trinajstić information content (AvgIpc) is 2.93. The highest BCUT2D eigenvalue weighted by molar-refractivity contribution is 5.67. The first kappa shape index (κ1) is 12.4. The Hall–Kier alpha value is -1.59. The Bertz CT molecular complexity index is 438. The molecule has 0 bridgehead atoms. The van der Waals surface area contributed by atoms with Crippen molar-refractivity contribution in [1.82, 2.24) is 15.1 Å². The van der Waals surface area contributed by atoms with Gasteiger partial charge >= 0.3 is 6.09 Å². The number of hydrogen-bond acceptors (Lipinski definition) is 4. The second-order valence-electron chi connectivity index (χ2n) is 5.06. The molecule has 0 aliphatic carbocycles. The van der Waals surface area contributed by atoms with Crippen LogP contribution < -0.4 is 5.32 Å². The minimum atomic E-state index is -0.199. The zero-order chi connectivity index (χ0) is 13.1. The zero-order valence-corrected chi connectivity index (χ0v) is 10.9. The van der Waals surface area contributed by atoms with E-state index in [0.717, 1.165) is 38.4 Å². The van der Waals surface area contributed by atoms with Crippen molar-refractivity contribution in [2.45, 2.75) is 12.6 Å². The summed E-state index contributed by atoms with van der Waals surface area (Å²) in [6.07, 6.45) is -0.199. The van der Waals surface area contributed by atoms with Crippen molar-refractivity contribution >= 4 is 6.09 Å². The molecule has 102 valence electrons. The molecule has 19 heavy (non-hydrogen) atoms. The van der Waals surface area contributed by atoms with Gasteiger partial charge in [0.15, 0.2) is 0 Å². The van der Waals surface area contributed by atoms with Crippen LogP contribution in [0, 0.1) is 0 Å². The number of amides is 1. The predicted octanol–water partition coefficient (Wildman–Crippen LogP) is 0.870. The van der Waals surface area contributed by atoms with E-state index in [2.05, 4.69) is 10.2 Å². The predicted molar refractivity (Wildman–Crippen MR) is 71.6 cm³/mol. The quantitative estimate of drug-likeness (QED) is 0.858. The zero-order valence-electron chi connectivity index (χ0n) is 10.9. The molecule has 1 atom stereocenters. The van der Waals surface area contributed by atoms with Gasteiger partial charge in [-0.05, 0) is 5.56 Å². The summed E-state index contributed by atoms with van der Waals surface area (Å²) < 4.78 is 5.36. The third kappa shape index (κ3) is 2.88. The second kappa shape index (κ2) is 5.59. The molecular weight excluding hydrogens is 242 g/mol. The highest BCUT2D eigenvalue weighted by atomic mass is 16.6. The first-order chi connectivity index (χ1) is 9.33. The van der Waals surface area contributed by atoms with E-state index in [1.54, 1.807) is 0 Å². The number of ether oxygens (including phenoxy) is 1. The van der Waals surface area contributed by atoms with Gasteiger partial charge in [0, 0.05) is 38.9 Å². The second-order valence-corrected chi connectivity index (χ2v) is 5.06. The van der Waals surface area contributed by atoms with Crippen molar-refractivity contribution < 1.29 is 9.53 Å². The lowest BCUT2D eigenvalue weighted by molar-refractivity contribution is 0.0621. The summed E-state index contributed by atoms with van der Waals surface area (Å²) in [7, 11) is 0. The number of fused-ring (bicyclic) bond motifs is 1. The SMILES string of the molecule is O=C(OCc1ccccc1)N1CCN2CNCC2C1. The monoisotopic (exact) mass is 261 g/mol. The Balaban J connectivity index is 1.50. The summed E-state index contributed by atoms with van der Waals surface area (Å²) in [4.78, 5) is 16.2. The summed E-state index contributed by atoms with van der Waals surface area (Å²) >= 11 is 0. The Morgan fingerprint density at radius 2 is 2.16 bits per heavy atom. The molecule has 0 aromatic heterocycles. The Morgan fingerprint density at radius 3 is 3.00 bits per heavy atom. The molecule has 5 nitrogen and oxygen atoms in total. The lowest BCUT2D eigenvalue weighted by atomic mass is 10.2. The van der Waals surface area contributed by atoms with Gasteiger partial charge in [-0.15, -0.1) is 0 Å². The number of rotatable bonds is 2. The molecule has 2 saturated heterocycles. The molecule has 1 N–H and O–H groups in total. The number of nitrogens with one attached hydrogen (secondary N) is 1. The van der Waals surface area contributed by atoms with E-state index >= 15 is 0 Å². The summed E-state index contributed by atoms with van der Waals surface area (Å²) in [5.74, 6) is 0. The molecule has 3 rings (SSSR count). The van der Waals surface area contributed by atoms with E-state index in [0.29, 0.717) is 12.6 Å². The van der Waals surface area contributed by atoms with E-state index in [-0.39, 0.29) is 6.09 Å². The summed E-state index contributed by atoms with van der Waals surface area (Å²) in [6.45, 7) is 4.70. The number of nitrogens with zero attached hydrogens (tertiary/aromatic N) is 2. The normalized spacial score (nSPS) is 23.2. The first-order valence-electron chi connectivity index (χ1n) is 6.73. The van der Waals surface area contributed by atoms with Gasteiger partial charge in [-0.2, -0.15) is 0 Å². The van der Waals surface area contributed by atoms with Crippen LogP contribution in [0.2, 0.25) is 0 Å². The molecular formula is C14H19N3O2. The number of hydrogen-bond donors (Lipinski definition) is 1. The van der Waals surface area contributed by atoms with Gasteiger partial charge in [-0.1, -0.05) is 30.3 Å². The van der Waals surface area contributed by atoms with Gasteiger partial charge in [0.05, 0.1) is 0 Å². The highest BCUT2D eigenvalue weighted by Gasteiger charge is 2.32. The third-order valence-electron chi connectivity index (χ3n) is 3.76. The van der Waals surface area contributed by atoms with Gasteiger partial charge in [0.1, 0.15) is 6.61 Å². The van der Waals surface area contributed by atoms with Crippen LogP contribution in [0.4, 0.5) is 4.79 Å². The summed E-state index contributed by atoms with van der Waals surface area (Å²) in [5, 5.41) is 3.33. The lowest BCUT2D eigenvalue weighted by Gasteiger charge is -2.35. The molecule has 0 saturated carbocycles. The van der Waals surface area contributed by atoms with E-state index in [9.17, 15) is 4.79 Å². The van der Waals surface area contributed by atoms with Crippen LogP contribution in [0.5, 0.6) is 0 Å². The molecule has 2 heterocycles. The van der Waals surface area contributed by atoms with Crippen LogP contribution >= 0.6 is 0 Å². The molecule has 2 fully saturated rings. The van der Waals surface area contributed by atoms with Gasteiger partial charge in [0.25, 0.3) is 0 Å². The highest BCUT2D eigenvalue weighted by Crippen LogP contribution is 2.13. The molecule has 5 heteroatoms. The maximum absolute atomic E-state index is 12.0. The fraction of sp³-hybridized carbons (Fsp3) is 0.500. The van der Waals surface area contributed by atoms with Crippen LogP contribution in [0.25, 0.3) is 0 Å². The Labute approximate surface area is 113 Å². The molecule has 1 aromatic carbocycles. The molecule has 2 aliphatic rings. The minimum Gasteiger partial charge on any atom is -0.445 e. The van der Waals surface area contributed by atoms with Crippen LogP contribution in [-0.2, 0) is 11.3 Å². The molecule has 0 radical (unpaired) electrons. The maximum atomic E-state index is 12.0. The number of piperazine rings is 1. The molecule has 0 spiro atoms. The van der Waals surface area contributed by atoms with Crippen LogP contribution in [0.1, 0.15) is 5.56 Å². The lowest BCUT2D eigenvalue weighted by Crippen LogP contribution is -2.52. The van der Waals surface area contributed by atoms with Crippen molar-refractivity contribution in [3.05, 3.63) is 35.9 Å². The Morgan fingerprint density at radius 1 is 1.32 bits per heavy atom. The van der Waals surface area contributed by atoms with E-state index in [1.807, 2.05) is 35.2 Å². The van der Waals surface area contributed by atoms with Gasteiger partial charge in [-0.3, -0.25) is 4.90 Å². The first-order valence-corrected chi connectivity index (χ1v) is 6.73. The van der Waals surface area contributed by atoms with Crippen molar-refractivity contribution in [1.29, 1.82) is 0 Å². The van der Waals surface area contributed by atoms with E-state index in [1.165, 1.54) is 0 Å². The average molecular weight is 261 g/mol. The van der Waals surface area contributed by atoms with Crippen molar-refractivity contribution in [2.75, 3.05) is 32.8 Å². The molecule has 1 aromatic rings. The topological polar surface area (TPSA) is 44.8 Å². The van der Waals surface area contributed by atoms with Gasteiger partial charge < -0.3 is 15.0 Å². The van der Waals surface area contributed by atoms with Crippen molar-refractivity contribution in [2.24, 2.45) is 0 Å². The van der Waals surface area contributed by atoms with Crippen LogP contribution in [0.3, 0.4) is 0 Å². The summed E-state index contributed by atoms with van der Waals surface area (Å²) in [6, 6.07) is 10.2.